The van der Waals surface area contributed by atoms with Gasteiger partial charge in [0.1, 0.15) is 0 Å². The molecule has 0 unspecified atom stereocenters. The third-order valence-corrected chi connectivity index (χ3v) is 5.79. The predicted molar refractivity (Wildman–Crippen MR) is 87.1 cm³/mol. The molecule has 0 spiro atoms. The Morgan fingerprint density at radius 2 is 1.00 bits per heavy atom. The second-order valence-corrected chi connectivity index (χ2v) is 7.41. The van der Waals surface area contributed by atoms with Crippen molar-refractivity contribution in [2.24, 2.45) is 0 Å². The van der Waals surface area contributed by atoms with E-state index in [1.165, 1.54) is 70.3 Å². The molecule has 0 saturated heterocycles. The highest BCUT2D eigenvalue weighted by Gasteiger charge is 2.10. The van der Waals surface area contributed by atoms with Gasteiger partial charge in [-0.1, -0.05) is 71.1 Å². The minimum atomic E-state index is -1.31. The molecule has 0 radical (unpaired) electrons. The molecule has 0 N–H and O–H groups in total. The first-order valence-corrected chi connectivity index (χ1v) is 10.3. The van der Waals surface area contributed by atoms with E-state index in [4.69, 9.17) is 8.85 Å². The molecule has 0 rings (SSSR count). The zero-order chi connectivity index (χ0) is 14.2. The van der Waals surface area contributed by atoms with Crippen molar-refractivity contribution < 1.29 is 8.85 Å². The fourth-order valence-corrected chi connectivity index (χ4v) is 4.18. The quantitative estimate of drug-likeness (QED) is 0.304. The Morgan fingerprint density at radius 1 is 0.579 bits per heavy atom. The van der Waals surface area contributed by atoms with Crippen molar-refractivity contribution in [3.8, 4) is 0 Å². The fraction of sp³-hybridized carbons (Fsp3) is 1.00. The van der Waals surface area contributed by atoms with Crippen molar-refractivity contribution >= 4 is 9.28 Å². The highest BCUT2D eigenvalue weighted by atomic mass is 28.3. The summed E-state index contributed by atoms with van der Waals surface area (Å²) < 4.78 is 11.4. The van der Waals surface area contributed by atoms with E-state index in [0.717, 1.165) is 13.2 Å². The maximum atomic E-state index is 5.68. The van der Waals surface area contributed by atoms with Crippen LogP contribution in [0.1, 0.15) is 85.0 Å². The van der Waals surface area contributed by atoms with Crippen molar-refractivity contribution in [3.05, 3.63) is 0 Å². The Kier molecular flexibility index (Phi) is 16.3. The Labute approximate surface area is 123 Å². The van der Waals surface area contributed by atoms with Gasteiger partial charge in [0.15, 0.2) is 0 Å². The Bertz CT molecular complexity index is 159. The molecular weight excluding hydrogens is 252 g/mol. The molecule has 0 fully saturated rings. The largest absolute Gasteiger partial charge is 0.397 e. The average Bonchev–Trinajstić information content (AvgIpc) is 2.41. The predicted octanol–water partition coefficient (Wildman–Crippen LogP) is 5.20. The van der Waals surface area contributed by atoms with Crippen LogP contribution in [0.25, 0.3) is 0 Å². The summed E-state index contributed by atoms with van der Waals surface area (Å²) in [7, 11) is -1.31. The SMILES string of the molecule is CCCCCCCCCCCC[SiH](OCC)OCC. The molecule has 0 aliphatic heterocycles. The molecule has 0 saturated carbocycles. The summed E-state index contributed by atoms with van der Waals surface area (Å²) in [5.41, 5.74) is 0. The minimum Gasteiger partial charge on any atom is -0.397 e. The lowest BCUT2D eigenvalue weighted by atomic mass is 10.1. The summed E-state index contributed by atoms with van der Waals surface area (Å²) in [6, 6.07) is 1.19. The molecular formula is C16H36O2Si. The number of hydrogen-bond donors (Lipinski definition) is 0. The van der Waals surface area contributed by atoms with Gasteiger partial charge in [-0.05, 0) is 19.9 Å². The molecule has 116 valence electrons. The van der Waals surface area contributed by atoms with E-state index in [1.807, 2.05) is 0 Å². The van der Waals surface area contributed by atoms with Gasteiger partial charge in [0.25, 0.3) is 0 Å². The molecule has 0 bridgehead atoms. The third kappa shape index (κ3) is 14.4. The zero-order valence-corrected chi connectivity index (χ0v) is 14.7. The zero-order valence-electron chi connectivity index (χ0n) is 13.6. The maximum Gasteiger partial charge on any atom is 0.321 e. The highest BCUT2D eigenvalue weighted by molar-refractivity contribution is 6.44. The van der Waals surface area contributed by atoms with Crippen molar-refractivity contribution in [1.29, 1.82) is 0 Å². The lowest BCUT2D eigenvalue weighted by Gasteiger charge is -2.14. The van der Waals surface area contributed by atoms with Crippen LogP contribution in [0.2, 0.25) is 6.04 Å². The molecule has 0 aromatic carbocycles. The summed E-state index contributed by atoms with van der Waals surface area (Å²) in [5, 5.41) is 0. The van der Waals surface area contributed by atoms with E-state index in [0.29, 0.717) is 0 Å². The van der Waals surface area contributed by atoms with Crippen LogP contribution in [0, 0.1) is 0 Å². The summed E-state index contributed by atoms with van der Waals surface area (Å²) >= 11 is 0. The average molecular weight is 289 g/mol. The Hall–Kier alpha value is 0.137. The van der Waals surface area contributed by atoms with Gasteiger partial charge in [-0.3, -0.25) is 0 Å². The summed E-state index contributed by atoms with van der Waals surface area (Å²) in [4.78, 5) is 0. The molecule has 0 aliphatic carbocycles. The van der Waals surface area contributed by atoms with Crippen molar-refractivity contribution in [2.45, 2.75) is 91.0 Å². The molecule has 0 heterocycles. The molecule has 0 aliphatic rings. The van der Waals surface area contributed by atoms with E-state index in [9.17, 15) is 0 Å². The molecule has 0 aromatic heterocycles. The van der Waals surface area contributed by atoms with E-state index in [1.54, 1.807) is 0 Å². The van der Waals surface area contributed by atoms with Gasteiger partial charge in [-0.25, -0.2) is 0 Å². The third-order valence-electron chi connectivity index (χ3n) is 3.50. The van der Waals surface area contributed by atoms with Crippen molar-refractivity contribution in [2.75, 3.05) is 13.2 Å². The lowest BCUT2D eigenvalue weighted by Crippen LogP contribution is -2.22. The van der Waals surface area contributed by atoms with Gasteiger partial charge in [-0.15, -0.1) is 0 Å². The van der Waals surface area contributed by atoms with Gasteiger partial charge < -0.3 is 8.85 Å². The van der Waals surface area contributed by atoms with Gasteiger partial charge in [-0.2, -0.15) is 0 Å². The molecule has 0 aromatic rings. The van der Waals surface area contributed by atoms with Crippen molar-refractivity contribution in [1.82, 2.24) is 0 Å². The summed E-state index contributed by atoms with van der Waals surface area (Å²) in [5.74, 6) is 0. The maximum absolute atomic E-state index is 5.68. The molecule has 3 heteroatoms. The second kappa shape index (κ2) is 16.2. The summed E-state index contributed by atoms with van der Waals surface area (Å²) in [6.07, 6.45) is 14.0. The van der Waals surface area contributed by atoms with Crippen LogP contribution in [0.4, 0.5) is 0 Å². The van der Waals surface area contributed by atoms with E-state index < -0.39 is 9.28 Å². The van der Waals surface area contributed by atoms with Crippen molar-refractivity contribution in [3.63, 3.8) is 0 Å². The molecule has 0 atom stereocenters. The first-order valence-electron chi connectivity index (χ1n) is 8.58. The molecule has 2 nitrogen and oxygen atoms in total. The monoisotopic (exact) mass is 288 g/mol. The normalized spacial score (nSPS) is 11.4. The van der Waals surface area contributed by atoms with Crippen LogP contribution in [0.3, 0.4) is 0 Å². The first kappa shape index (κ1) is 19.1. The van der Waals surface area contributed by atoms with Gasteiger partial charge in [0.05, 0.1) is 0 Å². The van der Waals surface area contributed by atoms with Crippen LogP contribution in [0.5, 0.6) is 0 Å². The second-order valence-electron chi connectivity index (χ2n) is 5.31. The number of unbranched alkanes of at least 4 members (excludes halogenated alkanes) is 9. The van der Waals surface area contributed by atoms with Crippen LogP contribution >= 0.6 is 0 Å². The highest BCUT2D eigenvalue weighted by Crippen LogP contribution is 2.12. The number of rotatable bonds is 15. The summed E-state index contributed by atoms with van der Waals surface area (Å²) in [6.45, 7) is 8.04. The Morgan fingerprint density at radius 3 is 1.42 bits per heavy atom. The standard InChI is InChI=1S/C16H36O2Si/c1-4-7-8-9-10-11-12-13-14-15-16-19(17-5-2)18-6-3/h19H,4-16H2,1-3H3. The lowest BCUT2D eigenvalue weighted by molar-refractivity contribution is 0.212. The van der Waals surface area contributed by atoms with Crippen LogP contribution in [-0.4, -0.2) is 22.5 Å². The number of hydrogen-bond acceptors (Lipinski definition) is 2. The van der Waals surface area contributed by atoms with Gasteiger partial charge in [0, 0.05) is 13.2 Å². The van der Waals surface area contributed by atoms with Crippen LogP contribution in [-0.2, 0) is 8.85 Å². The van der Waals surface area contributed by atoms with Gasteiger partial charge in [0.2, 0.25) is 0 Å². The topological polar surface area (TPSA) is 18.5 Å². The van der Waals surface area contributed by atoms with Crippen LogP contribution < -0.4 is 0 Å². The molecule has 0 amide bonds. The first-order chi connectivity index (χ1) is 9.35. The van der Waals surface area contributed by atoms with Crippen LogP contribution in [0.15, 0.2) is 0 Å². The Balaban J connectivity index is 3.20. The fourth-order valence-electron chi connectivity index (χ4n) is 2.39. The molecule has 19 heavy (non-hydrogen) atoms. The van der Waals surface area contributed by atoms with E-state index >= 15 is 0 Å². The van der Waals surface area contributed by atoms with Gasteiger partial charge >= 0.3 is 9.28 Å². The van der Waals surface area contributed by atoms with E-state index in [2.05, 4.69) is 20.8 Å². The minimum absolute atomic E-state index is 0.814. The van der Waals surface area contributed by atoms with E-state index in [-0.39, 0.29) is 0 Å². The smallest absolute Gasteiger partial charge is 0.321 e.